The first-order valence-electron chi connectivity index (χ1n) is 7.95. The Morgan fingerprint density at radius 3 is 2.76 bits per heavy atom. The van der Waals surface area contributed by atoms with Crippen molar-refractivity contribution in [2.45, 2.75) is 31.5 Å². The highest BCUT2D eigenvalue weighted by molar-refractivity contribution is 7.99. The van der Waals surface area contributed by atoms with E-state index in [2.05, 4.69) is 15.0 Å². The van der Waals surface area contributed by atoms with Gasteiger partial charge in [-0.05, 0) is 25.5 Å². The number of hydrogen-bond acceptors (Lipinski definition) is 6. The number of rotatable bonds is 7. The average Bonchev–Trinajstić information content (AvgIpc) is 2.63. The summed E-state index contributed by atoms with van der Waals surface area (Å²) in [6, 6.07) is 7.12. The lowest BCUT2D eigenvalue weighted by Crippen LogP contribution is -2.32. The van der Waals surface area contributed by atoms with Gasteiger partial charge in [0, 0.05) is 6.04 Å². The molecule has 1 heterocycles. The minimum Gasteiger partial charge on any atom is -0.468 e. The molecule has 1 atom stereocenters. The Balaban J connectivity index is 2.25. The highest BCUT2D eigenvalue weighted by Gasteiger charge is 2.16. The van der Waals surface area contributed by atoms with Gasteiger partial charge in [0.15, 0.2) is 5.16 Å². The molecule has 0 aliphatic rings. The Hall–Kier alpha value is -2.35. The van der Waals surface area contributed by atoms with Crippen molar-refractivity contribution >= 4 is 34.5 Å². The zero-order valence-corrected chi connectivity index (χ0v) is 15.3. The molecule has 0 saturated carbocycles. The van der Waals surface area contributed by atoms with Gasteiger partial charge in [0.1, 0.15) is 6.54 Å². The van der Waals surface area contributed by atoms with Crippen LogP contribution in [0, 0.1) is 0 Å². The summed E-state index contributed by atoms with van der Waals surface area (Å²) in [5.41, 5.74) is 0.488. The Bertz CT molecular complexity index is 834. The average molecular weight is 363 g/mol. The van der Waals surface area contributed by atoms with Gasteiger partial charge in [0.25, 0.3) is 5.56 Å². The van der Waals surface area contributed by atoms with Gasteiger partial charge in [-0.1, -0.05) is 30.8 Å². The summed E-state index contributed by atoms with van der Waals surface area (Å²) in [5.74, 6) is -0.787. The molecular formula is C17H21N3O4S. The molecule has 0 fully saturated rings. The number of methoxy groups -OCH3 is 1. The number of ether oxygens (including phenoxy) is 1. The number of hydrogen-bond donors (Lipinski definition) is 1. The molecule has 2 rings (SSSR count). The summed E-state index contributed by atoms with van der Waals surface area (Å²) in [6.07, 6.45) is 0.766. The molecule has 1 amide bonds. The van der Waals surface area contributed by atoms with Crippen LogP contribution in [0.15, 0.2) is 34.2 Å². The third-order valence-electron chi connectivity index (χ3n) is 3.80. The van der Waals surface area contributed by atoms with E-state index in [1.54, 1.807) is 22.8 Å². The molecule has 2 aromatic rings. The summed E-state index contributed by atoms with van der Waals surface area (Å²) < 4.78 is 6.10. The van der Waals surface area contributed by atoms with Crippen molar-refractivity contribution in [1.82, 2.24) is 14.9 Å². The Kier molecular flexibility index (Phi) is 6.58. The van der Waals surface area contributed by atoms with Crippen molar-refractivity contribution in [1.29, 1.82) is 0 Å². The molecule has 0 bridgehead atoms. The third kappa shape index (κ3) is 4.60. The monoisotopic (exact) mass is 363 g/mol. The van der Waals surface area contributed by atoms with Crippen LogP contribution < -0.4 is 10.9 Å². The van der Waals surface area contributed by atoms with E-state index in [4.69, 9.17) is 0 Å². The van der Waals surface area contributed by atoms with Crippen molar-refractivity contribution in [3.05, 3.63) is 34.6 Å². The van der Waals surface area contributed by atoms with Gasteiger partial charge in [-0.2, -0.15) is 0 Å². The van der Waals surface area contributed by atoms with Crippen molar-refractivity contribution in [3.8, 4) is 0 Å². The predicted octanol–water partition coefficient (Wildman–Crippen LogP) is 1.75. The van der Waals surface area contributed by atoms with Crippen LogP contribution in [0.1, 0.15) is 26.3 Å². The van der Waals surface area contributed by atoms with Gasteiger partial charge >= 0.3 is 5.97 Å². The van der Waals surface area contributed by atoms with Crippen LogP contribution in [0.4, 0.5) is 0 Å². The number of para-hydroxylation sites is 1. The van der Waals surface area contributed by atoms with Crippen LogP contribution in [0.25, 0.3) is 10.9 Å². The second-order valence-electron chi connectivity index (χ2n) is 5.49. The fourth-order valence-corrected chi connectivity index (χ4v) is 3.15. The summed E-state index contributed by atoms with van der Waals surface area (Å²) in [7, 11) is 1.26. The number of esters is 1. The molecule has 0 aliphatic carbocycles. The first-order chi connectivity index (χ1) is 12.0. The zero-order valence-electron chi connectivity index (χ0n) is 14.4. The summed E-state index contributed by atoms with van der Waals surface area (Å²) >= 11 is 1.17. The molecule has 0 saturated heterocycles. The van der Waals surface area contributed by atoms with E-state index in [0.29, 0.717) is 16.1 Å². The molecule has 8 heteroatoms. The Labute approximate surface area is 149 Å². The maximum atomic E-state index is 12.8. The van der Waals surface area contributed by atoms with E-state index >= 15 is 0 Å². The zero-order chi connectivity index (χ0) is 18.4. The lowest BCUT2D eigenvalue weighted by Gasteiger charge is -2.18. The number of nitrogens with zero attached hydrogens (tertiary/aromatic N) is 2. The standard InChI is InChI=1S/C17H21N3O4S/c1-4-11(2)20-16(23)12-7-5-6-8-13(12)19-17(20)25-10-14(21)18-9-15(22)24-3/h5-8,11H,4,9-10H2,1-3H3,(H,18,21)/t11-/m0/s1. The molecule has 0 aliphatic heterocycles. The third-order valence-corrected chi connectivity index (χ3v) is 4.75. The summed E-state index contributed by atoms with van der Waals surface area (Å²) in [5, 5.41) is 3.52. The minimum absolute atomic E-state index is 0.0368. The Morgan fingerprint density at radius 2 is 2.08 bits per heavy atom. The van der Waals surface area contributed by atoms with Gasteiger partial charge < -0.3 is 10.1 Å². The molecular weight excluding hydrogens is 342 g/mol. The number of carbonyl (C=O) groups is 2. The number of carbonyl (C=O) groups excluding carboxylic acids is 2. The lowest BCUT2D eigenvalue weighted by molar-refractivity contribution is -0.140. The van der Waals surface area contributed by atoms with Crippen LogP contribution in [-0.4, -0.2) is 40.8 Å². The van der Waals surface area contributed by atoms with Crippen LogP contribution >= 0.6 is 11.8 Å². The molecule has 1 aromatic carbocycles. The first-order valence-corrected chi connectivity index (χ1v) is 8.94. The predicted molar refractivity (Wildman–Crippen MR) is 96.8 cm³/mol. The van der Waals surface area contributed by atoms with Crippen LogP contribution in [0.5, 0.6) is 0 Å². The molecule has 7 nitrogen and oxygen atoms in total. The quantitative estimate of drug-likeness (QED) is 0.458. The highest BCUT2D eigenvalue weighted by Crippen LogP contribution is 2.22. The topological polar surface area (TPSA) is 90.3 Å². The fraction of sp³-hybridized carbons (Fsp3) is 0.412. The van der Waals surface area contributed by atoms with Gasteiger partial charge in [0.05, 0.1) is 23.8 Å². The molecule has 25 heavy (non-hydrogen) atoms. The second kappa shape index (κ2) is 8.66. The maximum absolute atomic E-state index is 12.8. The smallest absolute Gasteiger partial charge is 0.325 e. The molecule has 0 unspecified atom stereocenters. The summed E-state index contributed by atoms with van der Waals surface area (Å²) in [6.45, 7) is 3.75. The van der Waals surface area contributed by atoms with Crippen LogP contribution in [0.3, 0.4) is 0 Å². The minimum atomic E-state index is -0.515. The van der Waals surface area contributed by atoms with Gasteiger partial charge in [-0.3, -0.25) is 19.0 Å². The maximum Gasteiger partial charge on any atom is 0.325 e. The number of fused-ring (bicyclic) bond motifs is 1. The largest absolute Gasteiger partial charge is 0.468 e. The van der Waals surface area contributed by atoms with E-state index in [1.807, 2.05) is 19.9 Å². The van der Waals surface area contributed by atoms with E-state index in [0.717, 1.165) is 6.42 Å². The van der Waals surface area contributed by atoms with Crippen LogP contribution in [-0.2, 0) is 14.3 Å². The SMILES string of the molecule is CC[C@H](C)n1c(SCC(=O)NCC(=O)OC)nc2ccccc2c1=O. The van der Waals surface area contributed by atoms with Crippen molar-refractivity contribution in [2.75, 3.05) is 19.4 Å². The van der Waals surface area contributed by atoms with Gasteiger partial charge in [0.2, 0.25) is 5.91 Å². The number of nitrogens with one attached hydrogen (secondary N) is 1. The Morgan fingerprint density at radius 1 is 1.36 bits per heavy atom. The van der Waals surface area contributed by atoms with Gasteiger partial charge in [-0.25, -0.2) is 4.98 Å². The normalized spacial score (nSPS) is 12.0. The lowest BCUT2D eigenvalue weighted by atomic mass is 10.2. The van der Waals surface area contributed by atoms with E-state index < -0.39 is 5.97 Å². The van der Waals surface area contributed by atoms with Crippen LogP contribution in [0.2, 0.25) is 0 Å². The number of thioether (sulfide) groups is 1. The van der Waals surface area contributed by atoms with Gasteiger partial charge in [-0.15, -0.1) is 0 Å². The molecule has 0 radical (unpaired) electrons. The van der Waals surface area contributed by atoms with Crippen molar-refractivity contribution in [3.63, 3.8) is 0 Å². The second-order valence-corrected chi connectivity index (χ2v) is 6.43. The van der Waals surface area contributed by atoms with E-state index in [1.165, 1.54) is 18.9 Å². The highest BCUT2D eigenvalue weighted by atomic mass is 32.2. The summed E-state index contributed by atoms with van der Waals surface area (Å²) in [4.78, 5) is 40.3. The fourth-order valence-electron chi connectivity index (χ4n) is 2.22. The first kappa shape index (κ1) is 19.0. The molecule has 1 aromatic heterocycles. The van der Waals surface area contributed by atoms with E-state index in [-0.39, 0.29) is 29.8 Å². The molecule has 134 valence electrons. The molecule has 0 spiro atoms. The molecule has 1 N–H and O–H groups in total. The van der Waals surface area contributed by atoms with Crippen molar-refractivity contribution < 1.29 is 14.3 Å². The number of benzene rings is 1. The van der Waals surface area contributed by atoms with E-state index in [9.17, 15) is 14.4 Å². The van der Waals surface area contributed by atoms with Crippen molar-refractivity contribution in [2.24, 2.45) is 0 Å². The number of aromatic nitrogens is 2. The number of amides is 1.